The lowest BCUT2D eigenvalue weighted by Gasteiger charge is -2.36. The Hall–Kier alpha value is -1.58. The van der Waals surface area contributed by atoms with E-state index in [0.29, 0.717) is 24.3 Å². The van der Waals surface area contributed by atoms with Gasteiger partial charge in [0.1, 0.15) is 0 Å². The van der Waals surface area contributed by atoms with Gasteiger partial charge in [-0.1, -0.05) is 38.3 Å². The average molecular weight is 292 g/mol. The number of hydrogen-bond acceptors (Lipinski definition) is 2. The zero-order chi connectivity index (χ0) is 15.6. The highest BCUT2D eigenvalue weighted by Crippen LogP contribution is 2.48. The van der Waals surface area contributed by atoms with Gasteiger partial charge in [-0.2, -0.15) is 0 Å². The minimum atomic E-state index is -1.11. The highest BCUT2D eigenvalue weighted by atomic mass is 16.4. The Morgan fingerprint density at radius 1 is 1.33 bits per heavy atom. The molecule has 2 rings (SSSR count). The van der Waals surface area contributed by atoms with Crippen LogP contribution in [-0.2, 0) is 9.59 Å². The van der Waals surface area contributed by atoms with Crippen LogP contribution >= 0.6 is 0 Å². The Labute approximate surface area is 125 Å². The van der Waals surface area contributed by atoms with E-state index in [9.17, 15) is 19.8 Å². The van der Waals surface area contributed by atoms with Crippen molar-refractivity contribution in [2.24, 2.45) is 17.3 Å². The molecule has 0 spiro atoms. The molecule has 0 aromatic heterocycles. The molecule has 4 nitrogen and oxygen atoms in total. The SMILES string of the molecule is CCCCC1=C(C(=O)O)C(CC2CC2)C(C)(C(=O)O)C=C1. The van der Waals surface area contributed by atoms with Crippen molar-refractivity contribution in [1.29, 1.82) is 0 Å². The van der Waals surface area contributed by atoms with Gasteiger partial charge in [-0.3, -0.25) is 4.79 Å². The van der Waals surface area contributed by atoms with Gasteiger partial charge in [0.2, 0.25) is 0 Å². The van der Waals surface area contributed by atoms with Crippen molar-refractivity contribution in [3.8, 4) is 0 Å². The van der Waals surface area contributed by atoms with Crippen molar-refractivity contribution in [1.82, 2.24) is 0 Å². The third-order valence-corrected chi connectivity index (χ3v) is 4.81. The van der Waals surface area contributed by atoms with E-state index in [4.69, 9.17) is 0 Å². The predicted molar refractivity (Wildman–Crippen MR) is 79.9 cm³/mol. The number of aliphatic carboxylic acids is 2. The number of allylic oxidation sites excluding steroid dienone is 2. The Morgan fingerprint density at radius 3 is 2.48 bits per heavy atom. The minimum absolute atomic E-state index is 0.336. The molecule has 0 heterocycles. The first-order valence-electron chi connectivity index (χ1n) is 7.79. The van der Waals surface area contributed by atoms with Gasteiger partial charge >= 0.3 is 11.9 Å². The van der Waals surface area contributed by atoms with Gasteiger partial charge < -0.3 is 10.2 Å². The third kappa shape index (κ3) is 3.20. The van der Waals surface area contributed by atoms with Crippen molar-refractivity contribution >= 4 is 11.9 Å². The molecule has 0 aliphatic heterocycles. The topological polar surface area (TPSA) is 74.6 Å². The molecule has 1 saturated carbocycles. The fourth-order valence-electron chi connectivity index (χ4n) is 3.14. The number of rotatable bonds is 7. The monoisotopic (exact) mass is 292 g/mol. The Kier molecular flexibility index (Phi) is 4.55. The first-order valence-corrected chi connectivity index (χ1v) is 7.79. The smallest absolute Gasteiger partial charge is 0.332 e. The van der Waals surface area contributed by atoms with Gasteiger partial charge in [0.15, 0.2) is 0 Å². The summed E-state index contributed by atoms with van der Waals surface area (Å²) in [5, 5.41) is 19.2. The first-order chi connectivity index (χ1) is 9.90. The molecule has 2 N–H and O–H groups in total. The lowest BCUT2D eigenvalue weighted by molar-refractivity contribution is -0.148. The standard InChI is InChI=1S/C17H24O4/c1-3-4-5-12-8-9-17(2,16(20)21)13(10-11-6-7-11)14(12)15(18)19/h8-9,11,13H,3-7,10H2,1-2H3,(H,18,19)(H,20,21). The molecule has 2 atom stereocenters. The summed E-state index contributed by atoms with van der Waals surface area (Å²) in [6, 6.07) is 0. The lowest BCUT2D eigenvalue weighted by atomic mass is 9.66. The molecule has 0 aromatic rings. The molecule has 0 bridgehead atoms. The van der Waals surface area contributed by atoms with Crippen LogP contribution < -0.4 is 0 Å². The van der Waals surface area contributed by atoms with Crippen molar-refractivity contribution in [3.05, 3.63) is 23.3 Å². The maximum Gasteiger partial charge on any atom is 0.332 e. The summed E-state index contributed by atoms with van der Waals surface area (Å²) in [6.45, 7) is 3.72. The summed E-state index contributed by atoms with van der Waals surface area (Å²) in [6.07, 6.45) is 8.93. The molecule has 2 aliphatic rings. The van der Waals surface area contributed by atoms with Gasteiger partial charge in [-0.15, -0.1) is 0 Å². The van der Waals surface area contributed by atoms with Crippen molar-refractivity contribution in [2.75, 3.05) is 0 Å². The van der Waals surface area contributed by atoms with E-state index >= 15 is 0 Å². The highest BCUT2D eigenvalue weighted by Gasteiger charge is 2.47. The number of unbranched alkanes of at least 4 members (excludes halogenated alkanes) is 1. The molecular weight excluding hydrogens is 268 g/mol. The predicted octanol–water partition coefficient (Wildman–Crippen LogP) is 3.63. The van der Waals surface area contributed by atoms with Crippen LogP contribution in [-0.4, -0.2) is 22.2 Å². The summed E-state index contributed by atoms with van der Waals surface area (Å²) < 4.78 is 0. The molecule has 1 fully saturated rings. The van der Waals surface area contributed by atoms with E-state index in [0.717, 1.165) is 31.3 Å². The molecule has 0 aromatic carbocycles. The Bertz CT molecular complexity index is 499. The number of hydrogen-bond donors (Lipinski definition) is 2. The van der Waals surface area contributed by atoms with Gasteiger partial charge in [0.05, 0.1) is 5.41 Å². The molecule has 2 aliphatic carbocycles. The lowest BCUT2D eigenvalue weighted by Crippen LogP contribution is -2.39. The van der Waals surface area contributed by atoms with Crippen LogP contribution in [0.15, 0.2) is 23.3 Å². The van der Waals surface area contributed by atoms with Gasteiger partial charge in [0.25, 0.3) is 0 Å². The largest absolute Gasteiger partial charge is 0.481 e. The zero-order valence-electron chi connectivity index (χ0n) is 12.8. The number of carbonyl (C=O) groups is 2. The van der Waals surface area contributed by atoms with E-state index in [1.54, 1.807) is 19.1 Å². The van der Waals surface area contributed by atoms with Crippen molar-refractivity contribution < 1.29 is 19.8 Å². The molecule has 0 saturated heterocycles. The van der Waals surface area contributed by atoms with Crippen LogP contribution in [0.5, 0.6) is 0 Å². The normalized spacial score (nSPS) is 28.8. The van der Waals surface area contributed by atoms with Gasteiger partial charge in [-0.25, -0.2) is 4.79 Å². The maximum absolute atomic E-state index is 11.8. The fraction of sp³-hybridized carbons (Fsp3) is 0.647. The van der Waals surface area contributed by atoms with Crippen LogP contribution in [0, 0.1) is 17.3 Å². The summed E-state index contributed by atoms with van der Waals surface area (Å²) in [5.74, 6) is -1.82. The van der Waals surface area contributed by atoms with Crippen LogP contribution in [0.1, 0.15) is 52.4 Å². The van der Waals surface area contributed by atoms with Gasteiger partial charge in [-0.05, 0) is 37.7 Å². The van der Waals surface area contributed by atoms with Gasteiger partial charge in [0, 0.05) is 11.5 Å². The van der Waals surface area contributed by atoms with E-state index < -0.39 is 23.3 Å². The first kappa shape index (κ1) is 15.8. The maximum atomic E-state index is 11.8. The van der Waals surface area contributed by atoms with Crippen LogP contribution in [0.2, 0.25) is 0 Å². The van der Waals surface area contributed by atoms with Crippen molar-refractivity contribution in [2.45, 2.75) is 52.4 Å². The minimum Gasteiger partial charge on any atom is -0.481 e. The second-order valence-electron chi connectivity index (χ2n) is 6.50. The van der Waals surface area contributed by atoms with E-state index in [1.165, 1.54) is 0 Å². The van der Waals surface area contributed by atoms with Crippen molar-refractivity contribution in [3.63, 3.8) is 0 Å². The summed E-state index contributed by atoms with van der Waals surface area (Å²) >= 11 is 0. The molecular formula is C17H24O4. The average Bonchev–Trinajstić information content (AvgIpc) is 3.22. The second-order valence-corrected chi connectivity index (χ2v) is 6.50. The van der Waals surface area contributed by atoms with Crippen LogP contribution in [0.25, 0.3) is 0 Å². The highest BCUT2D eigenvalue weighted by molar-refractivity contribution is 5.92. The zero-order valence-corrected chi connectivity index (χ0v) is 12.8. The summed E-state index contributed by atoms with van der Waals surface area (Å²) in [5.41, 5.74) is 0.0444. The summed E-state index contributed by atoms with van der Waals surface area (Å²) in [4.78, 5) is 23.5. The van der Waals surface area contributed by atoms with E-state index in [2.05, 4.69) is 6.92 Å². The molecule has 4 heteroatoms. The summed E-state index contributed by atoms with van der Waals surface area (Å²) in [7, 11) is 0. The number of carboxylic acids is 2. The molecule has 116 valence electrons. The molecule has 0 amide bonds. The Balaban J connectivity index is 2.40. The molecule has 2 unspecified atom stereocenters. The fourth-order valence-corrected chi connectivity index (χ4v) is 3.14. The third-order valence-electron chi connectivity index (χ3n) is 4.81. The number of carboxylic acid groups (broad SMARTS) is 2. The van der Waals surface area contributed by atoms with E-state index in [-0.39, 0.29) is 0 Å². The Morgan fingerprint density at radius 2 is 2.00 bits per heavy atom. The molecule has 0 radical (unpaired) electrons. The van der Waals surface area contributed by atoms with Crippen LogP contribution in [0.4, 0.5) is 0 Å². The quantitative estimate of drug-likeness (QED) is 0.751. The molecule has 21 heavy (non-hydrogen) atoms. The van der Waals surface area contributed by atoms with Crippen LogP contribution in [0.3, 0.4) is 0 Å². The second kappa shape index (κ2) is 6.04. The van der Waals surface area contributed by atoms with E-state index in [1.807, 2.05) is 0 Å².